The van der Waals surface area contributed by atoms with Crippen LogP contribution in [0.5, 0.6) is 0 Å². The lowest BCUT2D eigenvalue weighted by Crippen LogP contribution is -2.21. The van der Waals surface area contributed by atoms with Crippen LogP contribution in [0.3, 0.4) is 0 Å². The molecular formula is C25H15ClF2N6O2. The molecule has 11 heteroatoms. The van der Waals surface area contributed by atoms with Crippen molar-refractivity contribution in [1.82, 2.24) is 19.5 Å². The third kappa shape index (κ3) is 4.62. The van der Waals surface area contributed by atoms with E-state index in [-0.39, 0.29) is 22.0 Å². The molecule has 0 aliphatic heterocycles. The first kappa shape index (κ1) is 23.1. The van der Waals surface area contributed by atoms with Crippen molar-refractivity contribution < 1.29 is 18.4 Å². The topological polar surface area (TPSA) is 102 Å². The molecule has 0 atom stereocenters. The Morgan fingerprint density at radius 3 is 2.61 bits per heavy atom. The minimum atomic E-state index is -1.01. The molecule has 5 aromatic rings. The number of rotatable bonds is 5. The number of aromatic nitrogens is 4. The minimum absolute atomic E-state index is 0.127. The van der Waals surface area contributed by atoms with Gasteiger partial charge >= 0.3 is 6.03 Å². The Bertz CT molecular complexity index is 1630. The second-order valence-electron chi connectivity index (χ2n) is 7.60. The zero-order valence-electron chi connectivity index (χ0n) is 18.2. The van der Waals surface area contributed by atoms with E-state index in [1.807, 2.05) is 0 Å². The number of benzene rings is 3. The Kier molecular flexibility index (Phi) is 6.09. The van der Waals surface area contributed by atoms with Gasteiger partial charge in [0.2, 0.25) is 0 Å². The molecule has 3 aromatic carbocycles. The number of hydrogen-bond donors (Lipinski definition) is 2. The van der Waals surface area contributed by atoms with Crippen molar-refractivity contribution in [2.75, 3.05) is 10.6 Å². The summed E-state index contributed by atoms with van der Waals surface area (Å²) in [6.07, 6.45) is 6.41. The standard InChI is InChI=1S/C25H15ClF2N6O2/c26-17-5-7-19(33-25(36)31-16-3-1-2-15(27)11-16)23(28)22(17)24(35)14-4-6-18-20(10-14)32-21(12-30-18)34-9-8-29-13-34/h1-13H,(H2,31,33,36). The highest BCUT2D eigenvalue weighted by Gasteiger charge is 2.22. The van der Waals surface area contributed by atoms with E-state index in [0.717, 1.165) is 6.07 Å². The summed E-state index contributed by atoms with van der Waals surface area (Å²) in [6.45, 7) is 0. The van der Waals surface area contributed by atoms with Gasteiger partial charge in [0.05, 0.1) is 33.5 Å². The summed E-state index contributed by atoms with van der Waals surface area (Å²) in [5.41, 5.74) is 0.545. The summed E-state index contributed by atoms with van der Waals surface area (Å²) in [7, 11) is 0. The summed E-state index contributed by atoms with van der Waals surface area (Å²) < 4.78 is 30.4. The molecular weight excluding hydrogens is 490 g/mol. The Labute approximate surface area is 207 Å². The van der Waals surface area contributed by atoms with Crippen LogP contribution in [0.15, 0.2) is 79.5 Å². The van der Waals surface area contributed by atoms with E-state index in [0.29, 0.717) is 16.9 Å². The van der Waals surface area contributed by atoms with Gasteiger partial charge in [0, 0.05) is 23.6 Å². The molecule has 8 nitrogen and oxygen atoms in total. The Morgan fingerprint density at radius 2 is 1.83 bits per heavy atom. The lowest BCUT2D eigenvalue weighted by Gasteiger charge is -2.12. The molecule has 36 heavy (non-hydrogen) atoms. The minimum Gasteiger partial charge on any atom is -0.308 e. The summed E-state index contributed by atoms with van der Waals surface area (Å²) in [5.74, 6) is -1.77. The van der Waals surface area contributed by atoms with Crippen molar-refractivity contribution in [1.29, 1.82) is 0 Å². The molecule has 0 saturated carbocycles. The maximum Gasteiger partial charge on any atom is 0.323 e. The van der Waals surface area contributed by atoms with E-state index in [1.54, 1.807) is 35.6 Å². The van der Waals surface area contributed by atoms with Crippen molar-refractivity contribution in [3.8, 4) is 5.82 Å². The van der Waals surface area contributed by atoms with Crippen LogP contribution < -0.4 is 10.6 Å². The highest BCUT2D eigenvalue weighted by Crippen LogP contribution is 2.29. The van der Waals surface area contributed by atoms with E-state index in [9.17, 15) is 14.0 Å². The number of halogens is 3. The predicted molar refractivity (Wildman–Crippen MR) is 131 cm³/mol. The van der Waals surface area contributed by atoms with Crippen molar-refractivity contribution in [3.63, 3.8) is 0 Å². The third-order valence-corrected chi connectivity index (χ3v) is 5.52. The first-order chi connectivity index (χ1) is 17.4. The monoisotopic (exact) mass is 504 g/mol. The third-order valence-electron chi connectivity index (χ3n) is 5.21. The van der Waals surface area contributed by atoms with E-state index in [1.165, 1.54) is 42.5 Å². The highest BCUT2D eigenvalue weighted by molar-refractivity contribution is 6.35. The molecule has 0 fully saturated rings. The number of nitrogens with one attached hydrogen (secondary N) is 2. The van der Waals surface area contributed by atoms with Gasteiger partial charge in [0.25, 0.3) is 0 Å². The van der Waals surface area contributed by atoms with Gasteiger partial charge < -0.3 is 10.6 Å². The van der Waals surface area contributed by atoms with Crippen molar-refractivity contribution in [2.24, 2.45) is 0 Å². The maximum absolute atomic E-state index is 15.4. The molecule has 0 bridgehead atoms. The van der Waals surface area contributed by atoms with Gasteiger partial charge in [-0.2, -0.15) is 0 Å². The molecule has 178 valence electrons. The number of ketones is 1. The fourth-order valence-electron chi connectivity index (χ4n) is 3.51. The van der Waals surface area contributed by atoms with Crippen LogP contribution in [0, 0.1) is 11.6 Å². The number of amides is 2. The quantitative estimate of drug-likeness (QED) is 0.302. The molecule has 2 amide bonds. The summed E-state index contributed by atoms with van der Waals surface area (Å²) >= 11 is 6.17. The SMILES string of the molecule is O=C(Nc1cccc(F)c1)Nc1ccc(Cl)c(C(=O)c2ccc3ncc(-n4ccnc4)nc3c2)c1F. The van der Waals surface area contributed by atoms with Gasteiger partial charge in [-0.3, -0.25) is 14.3 Å². The van der Waals surface area contributed by atoms with Crippen molar-refractivity contribution in [2.45, 2.75) is 0 Å². The van der Waals surface area contributed by atoms with Crippen LogP contribution in [0.1, 0.15) is 15.9 Å². The fourth-order valence-corrected chi connectivity index (χ4v) is 3.75. The molecule has 0 aliphatic carbocycles. The number of hydrogen-bond acceptors (Lipinski definition) is 5. The Balaban J connectivity index is 1.44. The largest absolute Gasteiger partial charge is 0.323 e. The van der Waals surface area contributed by atoms with Crippen LogP contribution in [-0.4, -0.2) is 31.3 Å². The van der Waals surface area contributed by atoms with Crippen molar-refractivity contribution in [3.05, 3.63) is 107 Å². The zero-order valence-corrected chi connectivity index (χ0v) is 19.0. The smallest absolute Gasteiger partial charge is 0.308 e. The van der Waals surface area contributed by atoms with Crippen LogP contribution in [0.25, 0.3) is 16.9 Å². The van der Waals surface area contributed by atoms with E-state index >= 15 is 4.39 Å². The molecule has 2 heterocycles. The van der Waals surface area contributed by atoms with Gasteiger partial charge in [0.1, 0.15) is 12.1 Å². The average Bonchev–Trinajstić information content (AvgIpc) is 3.40. The first-order valence-corrected chi connectivity index (χ1v) is 10.9. The fraction of sp³-hybridized carbons (Fsp3) is 0. The molecule has 5 rings (SSSR count). The van der Waals surface area contributed by atoms with Crippen LogP contribution in [0.2, 0.25) is 5.02 Å². The second-order valence-corrected chi connectivity index (χ2v) is 8.01. The number of nitrogens with zero attached hydrogens (tertiary/aromatic N) is 4. The molecule has 2 aromatic heterocycles. The number of anilines is 2. The lowest BCUT2D eigenvalue weighted by molar-refractivity contribution is 0.103. The van der Waals surface area contributed by atoms with Gasteiger partial charge in [-0.05, 0) is 48.5 Å². The Hall–Kier alpha value is -4.70. The number of fused-ring (bicyclic) bond motifs is 1. The van der Waals surface area contributed by atoms with Crippen molar-refractivity contribution >= 4 is 45.8 Å². The van der Waals surface area contributed by atoms with Crippen LogP contribution in [-0.2, 0) is 0 Å². The van der Waals surface area contributed by atoms with Gasteiger partial charge in [0.15, 0.2) is 17.4 Å². The average molecular weight is 505 g/mol. The van der Waals surface area contributed by atoms with Gasteiger partial charge in [-0.1, -0.05) is 17.7 Å². The number of imidazole rings is 1. The van der Waals surface area contributed by atoms with E-state index < -0.39 is 29.0 Å². The molecule has 0 aliphatic rings. The maximum atomic E-state index is 15.4. The predicted octanol–water partition coefficient (Wildman–Crippen LogP) is 5.62. The van der Waals surface area contributed by atoms with Gasteiger partial charge in [-0.25, -0.2) is 23.5 Å². The lowest BCUT2D eigenvalue weighted by atomic mass is 10.0. The summed E-state index contributed by atoms with van der Waals surface area (Å²) in [5, 5.41) is 4.58. The molecule has 0 spiro atoms. The number of carbonyl (C=O) groups is 2. The molecule has 0 radical (unpaired) electrons. The summed E-state index contributed by atoms with van der Waals surface area (Å²) in [4.78, 5) is 38.4. The molecule has 2 N–H and O–H groups in total. The zero-order chi connectivity index (χ0) is 25.2. The molecule has 0 saturated heterocycles. The highest BCUT2D eigenvalue weighted by atomic mass is 35.5. The first-order valence-electron chi connectivity index (χ1n) is 10.5. The second kappa shape index (κ2) is 9.51. The van der Waals surface area contributed by atoms with Gasteiger partial charge in [-0.15, -0.1) is 0 Å². The normalized spacial score (nSPS) is 10.9. The summed E-state index contributed by atoms with van der Waals surface area (Å²) in [6, 6.07) is 11.5. The number of carbonyl (C=O) groups excluding carboxylic acids is 2. The Morgan fingerprint density at radius 1 is 0.972 bits per heavy atom. The number of urea groups is 1. The van der Waals surface area contributed by atoms with Crippen LogP contribution in [0.4, 0.5) is 25.0 Å². The van der Waals surface area contributed by atoms with Crippen LogP contribution >= 0.6 is 11.6 Å². The molecule has 0 unspecified atom stereocenters. The van der Waals surface area contributed by atoms with E-state index in [2.05, 4.69) is 25.6 Å². The van der Waals surface area contributed by atoms with E-state index in [4.69, 9.17) is 11.6 Å².